The van der Waals surface area contributed by atoms with E-state index in [0.29, 0.717) is 29.4 Å². The number of aryl methyl sites for hydroxylation is 1. The standard InChI is InChI=1S/C17H20N6O/c1-12-10-15(16(24)19-8-9-23(2)3)22-17(20-12)21-14-6-4-13(11-18)5-7-14/h4-7,10H,8-9H2,1-3H3,(H,19,24)(H,20,21,22). The van der Waals surface area contributed by atoms with Gasteiger partial charge in [-0.05, 0) is 51.4 Å². The van der Waals surface area contributed by atoms with Gasteiger partial charge in [-0.3, -0.25) is 4.79 Å². The first-order chi connectivity index (χ1) is 11.5. The second-order valence-electron chi connectivity index (χ2n) is 5.59. The number of rotatable bonds is 6. The van der Waals surface area contributed by atoms with Gasteiger partial charge in [-0.15, -0.1) is 0 Å². The molecule has 0 aliphatic carbocycles. The van der Waals surface area contributed by atoms with Crippen LogP contribution in [0.2, 0.25) is 0 Å². The van der Waals surface area contributed by atoms with Crippen molar-refractivity contribution in [3.8, 4) is 6.07 Å². The number of hydrogen-bond donors (Lipinski definition) is 2. The fourth-order valence-corrected chi connectivity index (χ4v) is 1.98. The maximum absolute atomic E-state index is 12.2. The van der Waals surface area contributed by atoms with Crippen molar-refractivity contribution in [1.29, 1.82) is 5.26 Å². The summed E-state index contributed by atoms with van der Waals surface area (Å²) in [5, 5.41) is 14.7. The van der Waals surface area contributed by atoms with E-state index in [0.717, 1.165) is 12.2 Å². The van der Waals surface area contributed by atoms with Gasteiger partial charge in [0.1, 0.15) is 5.69 Å². The lowest BCUT2D eigenvalue weighted by Crippen LogP contribution is -2.32. The number of nitrogens with one attached hydrogen (secondary N) is 2. The molecule has 0 unspecified atom stereocenters. The number of likely N-dealkylation sites (N-methyl/N-ethyl adjacent to an activating group) is 1. The maximum Gasteiger partial charge on any atom is 0.270 e. The van der Waals surface area contributed by atoms with Crippen molar-refractivity contribution in [1.82, 2.24) is 20.2 Å². The average molecular weight is 324 g/mol. The smallest absolute Gasteiger partial charge is 0.270 e. The molecule has 0 saturated carbocycles. The zero-order chi connectivity index (χ0) is 17.5. The molecule has 1 amide bonds. The third-order valence-corrected chi connectivity index (χ3v) is 3.20. The Morgan fingerprint density at radius 1 is 1.25 bits per heavy atom. The molecule has 2 aromatic rings. The first-order valence-corrected chi connectivity index (χ1v) is 7.54. The van der Waals surface area contributed by atoms with E-state index in [1.165, 1.54) is 0 Å². The summed E-state index contributed by atoms with van der Waals surface area (Å²) in [7, 11) is 3.89. The summed E-state index contributed by atoms with van der Waals surface area (Å²) in [5.74, 6) is 0.114. The van der Waals surface area contributed by atoms with Gasteiger partial charge in [0.2, 0.25) is 5.95 Å². The number of nitrogens with zero attached hydrogens (tertiary/aromatic N) is 4. The lowest BCUT2D eigenvalue weighted by Gasteiger charge is -2.11. The number of nitriles is 1. The highest BCUT2D eigenvalue weighted by Crippen LogP contribution is 2.14. The summed E-state index contributed by atoms with van der Waals surface area (Å²) in [4.78, 5) is 22.7. The maximum atomic E-state index is 12.2. The van der Waals surface area contributed by atoms with E-state index in [-0.39, 0.29) is 5.91 Å². The van der Waals surface area contributed by atoms with Crippen LogP contribution in [0.1, 0.15) is 21.7 Å². The Hall–Kier alpha value is -2.98. The second kappa shape index (κ2) is 8.04. The Labute approximate surface area is 141 Å². The highest BCUT2D eigenvalue weighted by Gasteiger charge is 2.10. The average Bonchev–Trinajstić information content (AvgIpc) is 2.54. The molecule has 7 heteroatoms. The predicted molar refractivity (Wildman–Crippen MR) is 92.1 cm³/mol. The minimum atomic E-state index is -0.231. The fourth-order valence-electron chi connectivity index (χ4n) is 1.98. The Morgan fingerprint density at radius 3 is 2.58 bits per heavy atom. The van der Waals surface area contributed by atoms with E-state index in [1.54, 1.807) is 30.3 Å². The molecule has 0 fully saturated rings. The normalized spacial score (nSPS) is 10.3. The number of aromatic nitrogens is 2. The number of amides is 1. The minimum absolute atomic E-state index is 0.231. The SMILES string of the molecule is Cc1cc(C(=O)NCCN(C)C)nc(Nc2ccc(C#N)cc2)n1. The van der Waals surface area contributed by atoms with Crippen molar-refractivity contribution in [2.45, 2.75) is 6.92 Å². The number of carbonyl (C=O) groups excluding carboxylic acids is 1. The zero-order valence-electron chi connectivity index (χ0n) is 14.0. The lowest BCUT2D eigenvalue weighted by atomic mass is 10.2. The molecule has 1 heterocycles. The van der Waals surface area contributed by atoms with Crippen LogP contribution in [0.15, 0.2) is 30.3 Å². The van der Waals surface area contributed by atoms with E-state index in [1.807, 2.05) is 25.9 Å². The Morgan fingerprint density at radius 2 is 1.96 bits per heavy atom. The molecule has 0 aliphatic rings. The van der Waals surface area contributed by atoms with Crippen molar-refractivity contribution >= 4 is 17.5 Å². The van der Waals surface area contributed by atoms with Crippen LogP contribution in [-0.4, -0.2) is 48.0 Å². The molecule has 0 atom stereocenters. The van der Waals surface area contributed by atoms with Crippen LogP contribution in [0.3, 0.4) is 0 Å². The van der Waals surface area contributed by atoms with E-state index >= 15 is 0 Å². The molecule has 1 aromatic heterocycles. The first-order valence-electron chi connectivity index (χ1n) is 7.54. The molecule has 124 valence electrons. The topological polar surface area (TPSA) is 93.9 Å². The molecule has 7 nitrogen and oxygen atoms in total. The van der Waals surface area contributed by atoms with Gasteiger partial charge in [0.05, 0.1) is 11.6 Å². The van der Waals surface area contributed by atoms with Gasteiger partial charge in [-0.2, -0.15) is 5.26 Å². The summed E-state index contributed by atoms with van der Waals surface area (Å²) in [6.07, 6.45) is 0. The van der Waals surface area contributed by atoms with Gasteiger partial charge >= 0.3 is 0 Å². The lowest BCUT2D eigenvalue weighted by molar-refractivity contribution is 0.0946. The largest absolute Gasteiger partial charge is 0.349 e. The molecule has 2 rings (SSSR count). The zero-order valence-corrected chi connectivity index (χ0v) is 14.0. The van der Waals surface area contributed by atoms with Crippen LogP contribution in [0.25, 0.3) is 0 Å². The van der Waals surface area contributed by atoms with E-state index in [9.17, 15) is 4.79 Å². The van der Waals surface area contributed by atoms with Crippen molar-refractivity contribution in [3.05, 3.63) is 47.3 Å². The van der Waals surface area contributed by atoms with E-state index < -0.39 is 0 Å². The Kier molecular flexibility index (Phi) is 5.82. The number of benzene rings is 1. The van der Waals surface area contributed by atoms with E-state index in [2.05, 4.69) is 26.7 Å². The fraction of sp³-hybridized carbons (Fsp3) is 0.294. The number of carbonyl (C=O) groups is 1. The highest BCUT2D eigenvalue weighted by atomic mass is 16.1. The summed E-state index contributed by atoms with van der Waals surface area (Å²) in [5.41, 5.74) is 2.33. The Bertz CT molecular complexity index is 749. The molecule has 0 saturated heterocycles. The van der Waals surface area contributed by atoms with Gasteiger partial charge in [0, 0.05) is 24.5 Å². The van der Waals surface area contributed by atoms with Crippen LogP contribution in [0.4, 0.5) is 11.6 Å². The van der Waals surface area contributed by atoms with Crippen LogP contribution < -0.4 is 10.6 Å². The van der Waals surface area contributed by atoms with Gasteiger partial charge in [-0.1, -0.05) is 0 Å². The van der Waals surface area contributed by atoms with Crippen LogP contribution >= 0.6 is 0 Å². The van der Waals surface area contributed by atoms with Crippen LogP contribution in [-0.2, 0) is 0 Å². The van der Waals surface area contributed by atoms with Crippen molar-refractivity contribution in [2.75, 3.05) is 32.5 Å². The quantitative estimate of drug-likeness (QED) is 0.840. The minimum Gasteiger partial charge on any atom is -0.349 e. The van der Waals surface area contributed by atoms with Crippen LogP contribution in [0, 0.1) is 18.3 Å². The third-order valence-electron chi connectivity index (χ3n) is 3.20. The van der Waals surface area contributed by atoms with Gasteiger partial charge in [0.25, 0.3) is 5.91 Å². The third kappa shape index (κ3) is 5.04. The molecule has 0 spiro atoms. The van der Waals surface area contributed by atoms with Crippen molar-refractivity contribution in [3.63, 3.8) is 0 Å². The summed E-state index contributed by atoms with van der Waals surface area (Å²) < 4.78 is 0. The highest BCUT2D eigenvalue weighted by molar-refractivity contribution is 5.92. The molecular formula is C17H20N6O. The molecular weight excluding hydrogens is 304 g/mol. The molecule has 2 N–H and O–H groups in total. The Balaban J connectivity index is 2.09. The van der Waals surface area contributed by atoms with Gasteiger partial charge in [0.15, 0.2) is 0 Å². The van der Waals surface area contributed by atoms with E-state index in [4.69, 9.17) is 5.26 Å². The van der Waals surface area contributed by atoms with Crippen LogP contribution in [0.5, 0.6) is 0 Å². The molecule has 0 radical (unpaired) electrons. The molecule has 1 aromatic carbocycles. The predicted octanol–water partition coefficient (Wildman–Crippen LogP) is 1.69. The second-order valence-corrected chi connectivity index (χ2v) is 5.59. The first kappa shape index (κ1) is 17.4. The number of anilines is 2. The summed E-state index contributed by atoms with van der Waals surface area (Å²) >= 11 is 0. The van der Waals surface area contributed by atoms with Crippen molar-refractivity contribution < 1.29 is 4.79 Å². The van der Waals surface area contributed by atoms with Gasteiger partial charge < -0.3 is 15.5 Å². The summed E-state index contributed by atoms with van der Waals surface area (Å²) in [6.45, 7) is 3.11. The monoisotopic (exact) mass is 324 g/mol. The number of hydrogen-bond acceptors (Lipinski definition) is 6. The summed E-state index contributed by atoms with van der Waals surface area (Å²) in [6, 6.07) is 10.6. The molecule has 0 aliphatic heterocycles. The molecule has 24 heavy (non-hydrogen) atoms. The van der Waals surface area contributed by atoms with Gasteiger partial charge in [-0.25, -0.2) is 9.97 Å². The molecule has 0 bridgehead atoms. The van der Waals surface area contributed by atoms with Crippen molar-refractivity contribution in [2.24, 2.45) is 0 Å².